The van der Waals surface area contributed by atoms with Crippen LogP contribution in [0.1, 0.15) is 12.8 Å². The number of aromatic hydroxyl groups is 1. The summed E-state index contributed by atoms with van der Waals surface area (Å²) in [5, 5.41) is 18.0. The van der Waals surface area contributed by atoms with Crippen LogP contribution in [0.5, 0.6) is 5.75 Å². The Morgan fingerprint density at radius 1 is 1.08 bits per heavy atom. The minimum absolute atomic E-state index is 0.162. The number of hydrogen-bond acceptors (Lipinski definition) is 5. The maximum absolute atomic E-state index is 12.5. The highest BCUT2D eigenvalue weighted by Gasteiger charge is 2.26. The third kappa shape index (κ3) is 4.03. The third-order valence-electron chi connectivity index (χ3n) is 3.82. The predicted molar refractivity (Wildman–Crippen MR) is 99.4 cm³/mol. The molecule has 0 unspecified atom stereocenters. The average molecular weight is 445 g/mol. The molecular formula is C16H15BrClN3O3S. The fourth-order valence-electron chi connectivity index (χ4n) is 2.50. The van der Waals surface area contributed by atoms with Gasteiger partial charge in [0.15, 0.2) is 5.75 Å². The number of nitrogens with zero attached hydrogens (tertiary/aromatic N) is 3. The van der Waals surface area contributed by atoms with Gasteiger partial charge in [0, 0.05) is 17.6 Å². The molecule has 132 valence electrons. The van der Waals surface area contributed by atoms with Crippen LogP contribution in [0.4, 0.5) is 11.4 Å². The van der Waals surface area contributed by atoms with E-state index in [0.717, 1.165) is 12.8 Å². The molecule has 0 radical (unpaired) electrons. The van der Waals surface area contributed by atoms with Crippen molar-refractivity contribution in [3.05, 3.63) is 45.9 Å². The van der Waals surface area contributed by atoms with E-state index in [1.807, 2.05) is 0 Å². The maximum Gasteiger partial charge on any atom is 0.243 e. The van der Waals surface area contributed by atoms with Gasteiger partial charge in [-0.15, -0.1) is 5.11 Å². The Balaban J connectivity index is 1.81. The van der Waals surface area contributed by atoms with Crippen LogP contribution >= 0.6 is 27.5 Å². The van der Waals surface area contributed by atoms with Crippen molar-refractivity contribution < 1.29 is 13.5 Å². The summed E-state index contributed by atoms with van der Waals surface area (Å²) >= 11 is 9.15. The van der Waals surface area contributed by atoms with E-state index in [9.17, 15) is 13.5 Å². The zero-order valence-electron chi connectivity index (χ0n) is 13.1. The van der Waals surface area contributed by atoms with Gasteiger partial charge in [-0.1, -0.05) is 27.5 Å². The Hall–Kier alpha value is -1.48. The molecule has 2 aromatic carbocycles. The molecule has 1 heterocycles. The lowest BCUT2D eigenvalue weighted by atomic mass is 10.3. The predicted octanol–water partition coefficient (Wildman–Crippen LogP) is 5.01. The van der Waals surface area contributed by atoms with E-state index < -0.39 is 10.0 Å². The Bertz CT molecular complexity index is 911. The Labute approximate surface area is 159 Å². The molecule has 0 atom stereocenters. The van der Waals surface area contributed by atoms with Crippen LogP contribution < -0.4 is 0 Å². The number of benzene rings is 2. The highest BCUT2D eigenvalue weighted by molar-refractivity contribution is 9.10. The Kier molecular flexibility index (Phi) is 5.43. The topological polar surface area (TPSA) is 82.3 Å². The lowest BCUT2D eigenvalue weighted by molar-refractivity contribution is 0.476. The second-order valence-corrected chi connectivity index (χ2v) is 8.82. The molecular weight excluding hydrogens is 430 g/mol. The second kappa shape index (κ2) is 7.41. The molecule has 1 N–H and O–H groups in total. The van der Waals surface area contributed by atoms with Gasteiger partial charge in [0.05, 0.1) is 15.6 Å². The van der Waals surface area contributed by atoms with Crippen molar-refractivity contribution in [2.75, 3.05) is 13.1 Å². The molecule has 1 saturated heterocycles. The van der Waals surface area contributed by atoms with E-state index in [0.29, 0.717) is 23.2 Å². The molecule has 25 heavy (non-hydrogen) atoms. The van der Waals surface area contributed by atoms with Crippen LogP contribution in [-0.2, 0) is 10.0 Å². The summed E-state index contributed by atoms with van der Waals surface area (Å²) in [6.07, 6.45) is 1.79. The Morgan fingerprint density at radius 3 is 2.36 bits per heavy atom. The van der Waals surface area contributed by atoms with Crippen molar-refractivity contribution in [1.29, 1.82) is 0 Å². The van der Waals surface area contributed by atoms with Crippen molar-refractivity contribution in [3.63, 3.8) is 0 Å². The highest BCUT2D eigenvalue weighted by atomic mass is 79.9. The van der Waals surface area contributed by atoms with E-state index in [1.54, 1.807) is 24.3 Å². The smallest absolute Gasteiger partial charge is 0.243 e. The fraction of sp³-hybridized carbons (Fsp3) is 0.250. The molecule has 0 aromatic heterocycles. The number of rotatable bonds is 4. The highest BCUT2D eigenvalue weighted by Crippen LogP contribution is 2.37. The largest absolute Gasteiger partial charge is 0.504 e. The first-order valence-corrected chi connectivity index (χ1v) is 10.2. The average Bonchev–Trinajstić information content (AvgIpc) is 3.12. The number of halogens is 2. The number of hydrogen-bond donors (Lipinski definition) is 1. The van der Waals surface area contributed by atoms with Gasteiger partial charge in [0.2, 0.25) is 10.0 Å². The zero-order chi connectivity index (χ0) is 18.0. The zero-order valence-corrected chi connectivity index (χ0v) is 16.2. The maximum atomic E-state index is 12.5. The number of sulfonamides is 1. The monoisotopic (exact) mass is 443 g/mol. The Morgan fingerprint density at radius 2 is 1.72 bits per heavy atom. The lowest BCUT2D eigenvalue weighted by Crippen LogP contribution is -2.27. The van der Waals surface area contributed by atoms with E-state index in [-0.39, 0.29) is 21.4 Å². The second-order valence-electron chi connectivity index (χ2n) is 5.56. The van der Waals surface area contributed by atoms with Crippen LogP contribution in [0.3, 0.4) is 0 Å². The number of azo groups is 1. The summed E-state index contributed by atoms with van der Waals surface area (Å²) in [5.41, 5.74) is 0.684. The van der Waals surface area contributed by atoms with Gasteiger partial charge in [0.1, 0.15) is 5.69 Å². The first-order chi connectivity index (χ1) is 11.9. The van der Waals surface area contributed by atoms with Gasteiger partial charge in [-0.25, -0.2) is 8.42 Å². The lowest BCUT2D eigenvalue weighted by Gasteiger charge is -2.15. The molecule has 1 aliphatic rings. The minimum Gasteiger partial charge on any atom is -0.504 e. The van der Waals surface area contributed by atoms with Crippen LogP contribution in [0.2, 0.25) is 5.02 Å². The normalized spacial score (nSPS) is 15.9. The molecule has 0 saturated carbocycles. The van der Waals surface area contributed by atoms with E-state index >= 15 is 0 Å². The van der Waals surface area contributed by atoms with Gasteiger partial charge in [-0.05, 0) is 49.2 Å². The summed E-state index contributed by atoms with van der Waals surface area (Å²) in [7, 11) is -3.44. The molecule has 0 spiro atoms. The standard InChI is InChI=1S/C16H15BrClN3O3S/c17-11-9-14(18)16(22)15(10-11)20-19-12-3-5-13(6-4-12)25(23,24)21-7-1-2-8-21/h3-6,9-10,22H,1-2,7-8H2. The van der Waals surface area contributed by atoms with Crippen molar-refractivity contribution in [3.8, 4) is 5.75 Å². The molecule has 1 aliphatic heterocycles. The molecule has 0 amide bonds. The molecule has 9 heteroatoms. The molecule has 0 aliphatic carbocycles. The van der Waals surface area contributed by atoms with Gasteiger partial charge in [0.25, 0.3) is 0 Å². The van der Waals surface area contributed by atoms with Crippen molar-refractivity contribution in [1.82, 2.24) is 4.31 Å². The van der Waals surface area contributed by atoms with E-state index in [2.05, 4.69) is 26.2 Å². The van der Waals surface area contributed by atoms with Gasteiger partial charge in [-0.2, -0.15) is 9.42 Å². The van der Waals surface area contributed by atoms with Crippen LogP contribution in [0.25, 0.3) is 0 Å². The summed E-state index contributed by atoms with van der Waals surface area (Å²) in [5.74, 6) is -0.165. The third-order valence-corrected chi connectivity index (χ3v) is 6.48. The molecule has 2 aromatic rings. The van der Waals surface area contributed by atoms with Crippen LogP contribution in [0.15, 0.2) is 56.0 Å². The van der Waals surface area contributed by atoms with Crippen LogP contribution in [0, 0.1) is 0 Å². The fourth-order valence-corrected chi connectivity index (χ4v) is 4.81. The molecule has 1 fully saturated rings. The van der Waals surface area contributed by atoms with Gasteiger partial charge >= 0.3 is 0 Å². The molecule has 6 nitrogen and oxygen atoms in total. The van der Waals surface area contributed by atoms with E-state index in [1.165, 1.54) is 16.4 Å². The van der Waals surface area contributed by atoms with E-state index in [4.69, 9.17) is 11.6 Å². The summed E-state index contributed by atoms with van der Waals surface area (Å²) in [6, 6.07) is 9.29. The van der Waals surface area contributed by atoms with Gasteiger partial charge < -0.3 is 5.11 Å². The summed E-state index contributed by atoms with van der Waals surface area (Å²) in [6.45, 7) is 1.12. The first kappa shape index (κ1) is 18.3. The number of phenolic OH excluding ortho intramolecular Hbond substituents is 1. The van der Waals surface area contributed by atoms with Crippen molar-refractivity contribution in [2.24, 2.45) is 10.2 Å². The van der Waals surface area contributed by atoms with Gasteiger partial charge in [-0.3, -0.25) is 0 Å². The SMILES string of the molecule is O=S(=O)(c1ccc(N=Nc2cc(Br)cc(Cl)c2O)cc1)N1CCCC1. The minimum atomic E-state index is -3.44. The van der Waals surface area contributed by atoms with Crippen molar-refractivity contribution >= 4 is 48.9 Å². The molecule has 0 bridgehead atoms. The van der Waals surface area contributed by atoms with Crippen molar-refractivity contribution in [2.45, 2.75) is 17.7 Å². The molecule has 3 rings (SSSR count). The number of phenols is 1. The van der Waals surface area contributed by atoms with Crippen LogP contribution in [-0.4, -0.2) is 30.9 Å². The summed E-state index contributed by atoms with van der Waals surface area (Å²) in [4.78, 5) is 0.238. The quantitative estimate of drug-likeness (QED) is 0.673. The summed E-state index contributed by atoms with van der Waals surface area (Å²) < 4.78 is 27.1. The first-order valence-electron chi connectivity index (χ1n) is 7.58.